The molecule has 0 spiro atoms. The third-order valence-electron chi connectivity index (χ3n) is 7.60. The first kappa shape index (κ1) is 30.7. The van der Waals surface area contributed by atoms with Crippen LogP contribution in [-0.4, -0.2) is 60.2 Å². The molecule has 10 nitrogen and oxygen atoms in total. The van der Waals surface area contributed by atoms with Gasteiger partial charge in [-0.1, -0.05) is 6.07 Å². The summed E-state index contributed by atoms with van der Waals surface area (Å²) >= 11 is 0. The van der Waals surface area contributed by atoms with Gasteiger partial charge in [-0.2, -0.15) is 5.10 Å². The summed E-state index contributed by atoms with van der Waals surface area (Å²) in [7, 11) is 5.68. The molecule has 226 valence electrons. The highest BCUT2D eigenvalue weighted by Gasteiger charge is 2.32. The van der Waals surface area contributed by atoms with Crippen molar-refractivity contribution < 1.29 is 22.7 Å². The molecule has 42 heavy (non-hydrogen) atoms. The third kappa shape index (κ3) is 7.34. The highest BCUT2D eigenvalue weighted by Crippen LogP contribution is 2.33. The van der Waals surface area contributed by atoms with Gasteiger partial charge in [0.15, 0.2) is 0 Å². The van der Waals surface area contributed by atoms with E-state index in [2.05, 4.69) is 20.1 Å². The Morgan fingerprint density at radius 3 is 2.45 bits per heavy atom. The third-order valence-corrected chi connectivity index (χ3v) is 7.60. The van der Waals surface area contributed by atoms with Crippen molar-refractivity contribution in [2.75, 3.05) is 42.4 Å². The van der Waals surface area contributed by atoms with E-state index in [1.807, 2.05) is 32.8 Å². The lowest BCUT2D eigenvalue weighted by Crippen LogP contribution is -2.42. The molecule has 4 rings (SSSR count). The maximum absolute atomic E-state index is 13.3. The van der Waals surface area contributed by atoms with Crippen LogP contribution in [0.2, 0.25) is 0 Å². The average Bonchev–Trinajstić information content (AvgIpc) is 3.25. The van der Waals surface area contributed by atoms with Crippen molar-refractivity contribution in [2.24, 2.45) is 18.6 Å². The normalized spacial score (nSPS) is 15.0. The van der Waals surface area contributed by atoms with Crippen molar-refractivity contribution in [3.63, 3.8) is 0 Å². The number of hydrogen-bond acceptors (Lipinski definition) is 8. The maximum atomic E-state index is 13.3. The van der Waals surface area contributed by atoms with Crippen molar-refractivity contribution in [3.8, 4) is 5.75 Å². The number of likely N-dealkylation sites (tertiary alicyclic amines) is 1. The molecule has 2 heterocycles. The van der Waals surface area contributed by atoms with Crippen LogP contribution < -0.4 is 31.5 Å². The Morgan fingerprint density at radius 2 is 1.83 bits per heavy atom. The molecule has 0 unspecified atom stereocenters. The number of hydrazine groups is 1. The lowest BCUT2D eigenvalue weighted by Gasteiger charge is -2.36. The second kappa shape index (κ2) is 12.3. The molecular weight excluding hydrogens is 549 g/mol. The highest BCUT2D eigenvalue weighted by molar-refractivity contribution is 6.05. The maximum Gasteiger partial charge on any atom is 0.573 e. The van der Waals surface area contributed by atoms with Crippen molar-refractivity contribution in [1.82, 2.24) is 14.7 Å². The molecule has 13 heteroatoms. The monoisotopic (exact) mass is 586 g/mol. The molecule has 5 N–H and O–H groups in total. The number of aryl methyl sites for hydroxylation is 2. The smallest absolute Gasteiger partial charge is 0.406 e. The minimum Gasteiger partial charge on any atom is -0.406 e. The van der Waals surface area contributed by atoms with Crippen LogP contribution in [0.3, 0.4) is 0 Å². The zero-order valence-corrected chi connectivity index (χ0v) is 24.4. The zero-order chi connectivity index (χ0) is 30.8. The van der Waals surface area contributed by atoms with E-state index < -0.39 is 18.0 Å². The van der Waals surface area contributed by atoms with E-state index >= 15 is 0 Å². The number of rotatable bonds is 8. The predicted molar refractivity (Wildman–Crippen MR) is 158 cm³/mol. The molecule has 1 aromatic heterocycles. The molecule has 0 saturated carbocycles. The van der Waals surface area contributed by atoms with Gasteiger partial charge in [-0.25, -0.2) is 5.84 Å². The number of aromatic nitrogens is 2. The average molecular weight is 587 g/mol. The Morgan fingerprint density at radius 1 is 1.14 bits per heavy atom. The molecule has 3 aromatic rings. The van der Waals surface area contributed by atoms with Gasteiger partial charge in [-0.15, -0.1) is 13.2 Å². The van der Waals surface area contributed by atoms with Gasteiger partial charge in [0.05, 0.1) is 17.6 Å². The lowest BCUT2D eigenvalue weighted by molar-refractivity contribution is -0.274. The number of halogens is 3. The number of carbonyl (C=O) groups is 1. The molecule has 1 amide bonds. The van der Waals surface area contributed by atoms with Crippen molar-refractivity contribution in [1.29, 1.82) is 0 Å². The van der Waals surface area contributed by atoms with Gasteiger partial charge < -0.3 is 25.6 Å². The van der Waals surface area contributed by atoms with Crippen LogP contribution in [0.25, 0.3) is 5.70 Å². The fourth-order valence-electron chi connectivity index (χ4n) is 4.95. The van der Waals surface area contributed by atoms with E-state index in [1.54, 1.807) is 42.2 Å². The molecular formula is C29H37F3N8O2. The molecule has 1 aliphatic rings. The summed E-state index contributed by atoms with van der Waals surface area (Å²) < 4.78 is 45.4. The predicted octanol–water partition coefficient (Wildman–Crippen LogP) is 4.36. The lowest BCUT2D eigenvalue weighted by atomic mass is 10.0. The van der Waals surface area contributed by atoms with Crippen LogP contribution in [0, 0.1) is 13.8 Å². The van der Waals surface area contributed by atoms with Crippen LogP contribution in [0.15, 0.2) is 48.8 Å². The molecule has 0 aliphatic carbocycles. The van der Waals surface area contributed by atoms with E-state index in [4.69, 9.17) is 11.6 Å². The fraction of sp³-hybridized carbons (Fsp3) is 0.379. The number of benzene rings is 2. The van der Waals surface area contributed by atoms with Gasteiger partial charge in [0.25, 0.3) is 5.91 Å². The second-order valence-corrected chi connectivity index (χ2v) is 10.6. The van der Waals surface area contributed by atoms with Gasteiger partial charge in [0, 0.05) is 66.7 Å². The number of piperidine rings is 1. The van der Waals surface area contributed by atoms with Gasteiger partial charge in [0.1, 0.15) is 5.75 Å². The van der Waals surface area contributed by atoms with E-state index in [9.17, 15) is 18.0 Å². The van der Waals surface area contributed by atoms with E-state index in [0.29, 0.717) is 17.1 Å². The Balaban J connectivity index is 1.59. The van der Waals surface area contributed by atoms with E-state index in [1.165, 1.54) is 17.3 Å². The molecule has 0 radical (unpaired) electrons. The number of anilines is 3. The van der Waals surface area contributed by atoms with E-state index in [0.717, 1.165) is 48.8 Å². The Hall–Kier alpha value is -4.23. The van der Waals surface area contributed by atoms with Crippen LogP contribution in [0.1, 0.15) is 40.0 Å². The Kier molecular flexibility index (Phi) is 9.02. The Bertz CT molecular complexity index is 1460. The number of ether oxygens (including phenoxy) is 1. The minimum atomic E-state index is -4.88. The number of amides is 1. The second-order valence-electron chi connectivity index (χ2n) is 10.6. The molecule has 0 bridgehead atoms. The van der Waals surface area contributed by atoms with Gasteiger partial charge in [-0.05, 0) is 70.6 Å². The topological polar surface area (TPSA) is 118 Å². The summed E-state index contributed by atoms with van der Waals surface area (Å²) in [5, 5.41) is 8.23. The first-order valence-corrected chi connectivity index (χ1v) is 13.5. The summed E-state index contributed by atoms with van der Waals surface area (Å²) in [6.07, 6.45) is 0.0181. The summed E-state index contributed by atoms with van der Waals surface area (Å²) in [4.78, 5) is 17.4. The largest absolute Gasteiger partial charge is 0.573 e. The van der Waals surface area contributed by atoms with Crippen LogP contribution in [-0.2, 0) is 7.05 Å². The van der Waals surface area contributed by atoms with Gasteiger partial charge in [-0.3, -0.25) is 14.5 Å². The first-order valence-electron chi connectivity index (χ1n) is 13.5. The van der Waals surface area contributed by atoms with E-state index in [-0.39, 0.29) is 17.3 Å². The summed E-state index contributed by atoms with van der Waals surface area (Å²) in [6.45, 7) is 5.48. The summed E-state index contributed by atoms with van der Waals surface area (Å²) in [5.74, 6) is 5.37. The van der Waals surface area contributed by atoms with Crippen molar-refractivity contribution in [2.45, 2.75) is 39.1 Å². The number of nitrogens with two attached hydrogens (primary N) is 2. The number of carbonyl (C=O) groups excluding carboxylic acids is 1. The summed E-state index contributed by atoms with van der Waals surface area (Å²) in [6, 6.07) is 9.20. The van der Waals surface area contributed by atoms with Crippen molar-refractivity contribution in [3.05, 3.63) is 71.2 Å². The van der Waals surface area contributed by atoms with Gasteiger partial charge >= 0.3 is 6.36 Å². The zero-order valence-electron chi connectivity index (χ0n) is 24.4. The van der Waals surface area contributed by atoms with Crippen LogP contribution in [0.5, 0.6) is 5.75 Å². The number of hydrogen-bond donors (Lipinski definition) is 3. The number of nitrogens with zero attached hydrogens (tertiary/aromatic N) is 5. The highest BCUT2D eigenvalue weighted by atomic mass is 19.4. The number of alkyl halides is 3. The van der Waals surface area contributed by atoms with Crippen LogP contribution in [0.4, 0.5) is 30.2 Å². The molecule has 1 fully saturated rings. The molecule has 0 atom stereocenters. The minimum absolute atomic E-state index is 0.136. The van der Waals surface area contributed by atoms with Crippen LogP contribution >= 0.6 is 0 Å². The molecule has 2 aromatic carbocycles. The molecule has 1 aliphatic heterocycles. The van der Waals surface area contributed by atoms with Gasteiger partial charge in [0.2, 0.25) is 0 Å². The Labute approximate surface area is 243 Å². The first-order chi connectivity index (χ1) is 19.7. The standard InChI is InChI=1S/C29H37F3N8O2/c1-18-6-7-20(12-27(18)40(34)17-26(33)25-16-35-39(5)19(25)2)28(41)36-21-13-23(15-24(14-21)42-29(30,31)32)38(4)22-8-10-37(3)11-9-22/h6-7,12-17,22H,8-11,33-34H2,1-5H3,(H,36,41)/b26-17-. The summed E-state index contributed by atoms with van der Waals surface area (Å²) in [5.41, 5.74) is 10.5. The quantitative estimate of drug-likeness (QED) is 0.263. The van der Waals surface area contributed by atoms with Crippen molar-refractivity contribution >= 4 is 28.7 Å². The SMILES string of the molecule is Cc1ccc(C(=O)Nc2cc(OC(F)(F)F)cc(N(C)C3CCN(C)CC3)c2)cc1N(N)/C=C(\N)c1cnn(C)c1C. The molecule has 1 saturated heterocycles. The number of nitrogens with one attached hydrogen (secondary N) is 1. The fourth-order valence-corrected chi connectivity index (χ4v) is 4.95.